The number of rotatable bonds is 3. The number of likely N-dealkylation sites (N-methyl/N-ethyl adjacent to an activating group) is 1. The Labute approximate surface area is 121 Å². The van der Waals surface area contributed by atoms with Crippen molar-refractivity contribution >= 4 is 17.3 Å². The van der Waals surface area contributed by atoms with Crippen LogP contribution < -0.4 is 10.2 Å². The Kier molecular flexibility index (Phi) is 4.37. The van der Waals surface area contributed by atoms with Crippen molar-refractivity contribution in [2.45, 2.75) is 6.04 Å². The van der Waals surface area contributed by atoms with Gasteiger partial charge >= 0.3 is 0 Å². The Morgan fingerprint density at radius 1 is 1.52 bits per heavy atom. The molecule has 1 heterocycles. The van der Waals surface area contributed by atoms with E-state index in [1.165, 1.54) is 17.0 Å². The Morgan fingerprint density at radius 3 is 2.86 bits per heavy atom. The minimum absolute atomic E-state index is 0.152. The summed E-state index contributed by atoms with van der Waals surface area (Å²) in [6.45, 7) is 1.44. The first-order valence-corrected chi connectivity index (χ1v) is 6.54. The smallest absolute Gasteiger partial charge is 0.295 e. The molecule has 1 fully saturated rings. The van der Waals surface area contributed by atoms with Crippen LogP contribution in [0.15, 0.2) is 18.2 Å². The van der Waals surface area contributed by atoms with Gasteiger partial charge in [0, 0.05) is 33.7 Å². The third-order valence-electron chi connectivity index (χ3n) is 3.41. The lowest BCUT2D eigenvalue weighted by Gasteiger charge is -2.37. The molecule has 1 N–H and O–H groups in total. The zero-order valence-electron chi connectivity index (χ0n) is 11.9. The molecular weight excluding hydrogens is 279 g/mol. The molecular formula is C13H17FN4O3. The third kappa shape index (κ3) is 3.10. The summed E-state index contributed by atoms with van der Waals surface area (Å²) < 4.78 is 13.2. The van der Waals surface area contributed by atoms with E-state index in [1.54, 1.807) is 19.0 Å². The first-order valence-electron chi connectivity index (χ1n) is 6.54. The number of hydrogen-bond acceptors (Lipinski definition) is 5. The highest BCUT2D eigenvalue weighted by Gasteiger charge is 2.33. The highest BCUT2D eigenvalue weighted by molar-refractivity contribution is 5.86. The normalized spacial score (nSPS) is 18.4. The van der Waals surface area contributed by atoms with E-state index in [1.807, 2.05) is 0 Å². The van der Waals surface area contributed by atoms with Gasteiger partial charge in [-0.25, -0.2) is 4.39 Å². The number of carbonyl (C=O) groups is 1. The Balaban J connectivity index is 2.42. The van der Waals surface area contributed by atoms with Crippen LogP contribution in [0.4, 0.5) is 15.8 Å². The fourth-order valence-electron chi connectivity index (χ4n) is 2.40. The molecule has 1 aromatic rings. The van der Waals surface area contributed by atoms with Gasteiger partial charge in [0.1, 0.15) is 17.5 Å². The fourth-order valence-corrected chi connectivity index (χ4v) is 2.40. The molecule has 0 aromatic heterocycles. The summed E-state index contributed by atoms with van der Waals surface area (Å²) in [4.78, 5) is 25.8. The topological polar surface area (TPSA) is 78.7 Å². The molecule has 1 saturated heterocycles. The van der Waals surface area contributed by atoms with Crippen molar-refractivity contribution in [1.29, 1.82) is 0 Å². The van der Waals surface area contributed by atoms with Crippen LogP contribution in [0.25, 0.3) is 0 Å². The van der Waals surface area contributed by atoms with Crippen molar-refractivity contribution < 1.29 is 14.1 Å². The average Bonchev–Trinajstić information content (AvgIpc) is 2.46. The van der Waals surface area contributed by atoms with Crippen LogP contribution in [0.5, 0.6) is 0 Å². The van der Waals surface area contributed by atoms with Gasteiger partial charge in [0.05, 0.1) is 11.0 Å². The highest BCUT2D eigenvalue weighted by atomic mass is 19.1. The third-order valence-corrected chi connectivity index (χ3v) is 3.41. The Bertz CT molecular complexity index is 564. The molecule has 1 unspecified atom stereocenters. The number of halogens is 1. The van der Waals surface area contributed by atoms with Gasteiger partial charge in [0.15, 0.2) is 0 Å². The standard InChI is InChI=1S/C13H17FN4O3/c1-16(2)13(19)12-8-15-5-6-17(12)10-4-3-9(14)7-11(10)18(20)21/h3-4,7,12,15H,5-6,8H2,1-2H3. The minimum atomic E-state index is -0.670. The lowest BCUT2D eigenvalue weighted by molar-refractivity contribution is -0.384. The Morgan fingerprint density at radius 2 is 2.24 bits per heavy atom. The minimum Gasteiger partial charge on any atom is -0.352 e. The maximum Gasteiger partial charge on any atom is 0.295 e. The number of hydrogen-bond donors (Lipinski definition) is 1. The Hall–Kier alpha value is -2.22. The number of piperazine rings is 1. The number of benzene rings is 1. The predicted molar refractivity (Wildman–Crippen MR) is 75.8 cm³/mol. The van der Waals surface area contributed by atoms with Crippen LogP contribution in [0.1, 0.15) is 0 Å². The number of anilines is 1. The van der Waals surface area contributed by atoms with Gasteiger partial charge in [-0.3, -0.25) is 14.9 Å². The molecule has 1 aliphatic rings. The molecule has 8 heteroatoms. The summed E-state index contributed by atoms with van der Waals surface area (Å²) in [6, 6.07) is 2.86. The van der Waals surface area contributed by atoms with Crippen molar-refractivity contribution in [2.24, 2.45) is 0 Å². The average molecular weight is 296 g/mol. The van der Waals surface area contributed by atoms with Gasteiger partial charge in [-0.2, -0.15) is 0 Å². The summed E-state index contributed by atoms with van der Waals surface area (Å²) in [5, 5.41) is 14.2. The van der Waals surface area contributed by atoms with E-state index in [4.69, 9.17) is 0 Å². The second-order valence-corrected chi connectivity index (χ2v) is 5.04. The number of nitrogens with one attached hydrogen (secondary N) is 1. The summed E-state index contributed by atoms with van der Waals surface area (Å²) in [6.07, 6.45) is 0. The molecule has 2 rings (SSSR count). The van der Waals surface area contributed by atoms with Crippen LogP contribution in [0.2, 0.25) is 0 Å². The largest absolute Gasteiger partial charge is 0.352 e. The molecule has 114 valence electrons. The van der Waals surface area contributed by atoms with Crippen molar-refractivity contribution in [3.8, 4) is 0 Å². The van der Waals surface area contributed by atoms with Crippen LogP contribution in [-0.4, -0.2) is 55.5 Å². The molecule has 0 aliphatic carbocycles. The van der Waals surface area contributed by atoms with Crippen LogP contribution in [0, 0.1) is 15.9 Å². The molecule has 0 spiro atoms. The maximum absolute atomic E-state index is 13.2. The first kappa shape index (κ1) is 15.2. The van der Waals surface area contributed by atoms with Gasteiger partial charge in [-0.1, -0.05) is 0 Å². The quantitative estimate of drug-likeness (QED) is 0.653. The predicted octanol–water partition coefficient (Wildman–Crippen LogP) is 0.600. The lowest BCUT2D eigenvalue weighted by Crippen LogP contribution is -2.58. The van der Waals surface area contributed by atoms with Gasteiger partial charge in [-0.05, 0) is 12.1 Å². The molecule has 1 aromatic carbocycles. The summed E-state index contributed by atoms with van der Waals surface area (Å²) in [7, 11) is 3.27. The summed E-state index contributed by atoms with van der Waals surface area (Å²) in [5.74, 6) is -0.822. The molecule has 1 atom stereocenters. The number of amides is 1. The monoisotopic (exact) mass is 296 g/mol. The van der Waals surface area contributed by atoms with Gasteiger partial charge in [-0.15, -0.1) is 0 Å². The fraction of sp³-hybridized carbons (Fsp3) is 0.462. The van der Waals surface area contributed by atoms with Gasteiger partial charge in [0.25, 0.3) is 5.69 Å². The SMILES string of the molecule is CN(C)C(=O)C1CNCCN1c1ccc(F)cc1[N+](=O)[O-]. The van der Waals surface area contributed by atoms with Crippen molar-refractivity contribution in [2.75, 3.05) is 38.6 Å². The molecule has 7 nitrogen and oxygen atoms in total. The van der Waals surface area contributed by atoms with Crippen LogP contribution in [-0.2, 0) is 4.79 Å². The number of nitro groups is 1. The molecule has 0 bridgehead atoms. The van der Waals surface area contributed by atoms with E-state index in [0.29, 0.717) is 19.6 Å². The van der Waals surface area contributed by atoms with E-state index >= 15 is 0 Å². The van der Waals surface area contributed by atoms with E-state index in [-0.39, 0.29) is 17.3 Å². The van der Waals surface area contributed by atoms with Crippen molar-refractivity contribution in [3.05, 3.63) is 34.1 Å². The second kappa shape index (κ2) is 6.04. The van der Waals surface area contributed by atoms with Gasteiger partial charge < -0.3 is 15.1 Å². The number of nitro benzene ring substituents is 1. The van der Waals surface area contributed by atoms with E-state index in [0.717, 1.165) is 6.07 Å². The van der Waals surface area contributed by atoms with E-state index < -0.39 is 16.8 Å². The van der Waals surface area contributed by atoms with E-state index in [2.05, 4.69) is 5.32 Å². The zero-order chi connectivity index (χ0) is 15.6. The summed E-state index contributed by atoms with van der Waals surface area (Å²) in [5.41, 5.74) is -0.0587. The highest BCUT2D eigenvalue weighted by Crippen LogP contribution is 2.31. The lowest BCUT2D eigenvalue weighted by atomic mass is 10.1. The van der Waals surface area contributed by atoms with Crippen LogP contribution in [0.3, 0.4) is 0 Å². The van der Waals surface area contributed by atoms with Crippen LogP contribution >= 0.6 is 0 Å². The zero-order valence-corrected chi connectivity index (χ0v) is 11.9. The molecule has 0 saturated carbocycles. The summed E-state index contributed by atoms with van der Waals surface area (Å²) >= 11 is 0. The van der Waals surface area contributed by atoms with Crippen molar-refractivity contribution in [3.63, 3.8) is 0 Å². The van der Waals surface area contributed by atoms with Crippen molar-refractivity contribution in [1.82, 2.24) is 10.2 Å². The van der Waals surface area contributed by atoms with E-state index in [9.17, 15) is 19.3 Å². The van der Waals surface area contributed by atoms with Gasteiger partial charge in [0.2, 0.25) is 5.91 Å². The number of nitrogens with zero attached hydrogens (tertiary/aromatic N) is 3. The second-order valence-electron chi connectivity index (χ2n) is 5.04. The number of carbonyl (C=O) groups excluding carboxylic acids is 1. The maximum atomic E-state index is 13.2. The first-order chi connectivity index (χ1) is 9.91. The molecule has 1 aliphatic heterocycles. The molecule has 21 heavy (non-hydrogen) atoms. The molecule has 1 amide bonds. The molecule has 0 radical (unpaired) electrons.